The summed E-state index contributed by atoms with van der Waals surface area (Å²) in [6.07, 6.45) is 0.0799. The Hall–Kier alpha value is -2.28. The van der Waals surface area contributed by atoms with Gasteiger partial charge in [0.1, 0.15) is 0 Å². The number of hydrogen-bond donors (Lipinski definition) is 2. The van der Waals surface area contributed by atoms with E-state index < -0.39 is 6.09 Å². The van der Waals surface area contributed by atoms with Gasteiger partial charge in [-0.2, -0.15) is 0 Å². The molecule has 3 unspecified atom stereocenters. The number of likely N-dealkylation sites (tertiary alicyclic amines) is 1. The molecule has 28 heavy (non-hydrogen) atoms. The number of amides is 3. The Bertz CT molecular complexity index is 799. The van der Waals surface area contributed by atoms with E-state index in [1.807, 2.05) is 17.0 Å². The maximum Gasteiger partial charge on any atom is 0.407 e. The second-order valence-electron chi connectivity index (χ2n) is 9.12. The van der Waals surface area contributed by atoms with Gasteiger partial charge in [-0.05, 0) is 29.4 Å². The molecule has 3 aliphatic heterocycles. The number of benzene rings is 1. The average Bonchev–Trinajstić information content (AvgIpc) is 3.03. The number of ether oxygens (including phenoxy) is 1. The third-order valence-electron chi connectivity index (χ3n) is 7.66. The van der Waals surface area contributed by atoms with E-state index in [4.69, 9.17) is 4.74 Å². The monoisotopic (exact) mass is 385 g/mol. The maximum absolute atomic E-state index is 12.6. The fourth-order valence-corrected chi connectivity index (χ4v) is 6.04. The number of fused-ring (bicyclic) bond motifs is 2. The number of nitrogens with one attached hydrogen (secondary N) is 1. The first-order chi connectivity index (χ1) is 13.4. The van der Waals surface area contributed by atoms with E-state index in [9.17, 15) is 14.7 Å². The van der Waals surface area contributed by atoms with Crippen LogP contribution in [0.2, 0.25) is 0 Å². The van der Waals surface area contributed by atoms with Crippen LogP contribution in [0.15, 0.2) is 24.3 Å². The van der Waals surface area contributed by atoms with Gasteiger partial charge in [0.05, 0.1) is 13.2 Å². The normalized spacial score (nSPS) is 31.8. The molecule has 0 spiro atoms. The number of hydrogen-bond acceptors (Lipinski definition) is 3. The first-order valence-electron chi connectivity index (χ1n) is 10.1. The number of carbonyl (C=O) groups is 2. The molecule has 0 aromatic heterocycles. The van der Waals surface area contributed by atoms with E-state index in [2.05, 4.69) is 24.4 Å². The molecule has 1 aromatic carbocycles. The summed E-state index contributed by atoms with van der Waals surface area (Å²) in [5.41, 5.74) is 2.53. The summed E-state index contributed by atoms with van der Waals surface area (Å²) >= 11 is 0. The first kappa shape index (κ1) is 17.8. The molecule has 3 amide bonds. The molecule has 3 fully saturated rings. The lowest BCUT2D eigenvalue weighted by Crippen LogP contribution is -2.51. The van der Waals surface area contributed by atoms with E-state index in [-0.39, 0.29) is 16.9 Å². The quantitative estimate of drug-likeness (QED) is 0.834. The number of piperidine rings is 1. The van der Waals surface area contributed by atoms with E-state index in [0.29, 0.717) is 57.8 Å². The van der Waals surface area contributed by atoms with E-state index in [1.165, 1.54) is 11.1 Å². The van der Waals surface area contributed by atoms with Crippen LogP contribution in [0.25, 0.3) is 0 Å². The number of carbonyl (C=O) groups excluding carboxylic acids is 1. The van der Waals surface area contributed by atoms with Crippen molar-refractivity contribution in [1.29, 1.82) is 0 Å². The second kappa shape index (κ2) is 6.11. The summed E-state index contributed by atoms with van der Waals surface area (Å²) in [4.78, 5) is 27.4. The average molecular weight is 385 g/mol. The smallest absolute Gasteiger partial charge is 0.407 e. The minimum absolute atomic E-state index is 0.0126. The minimum Gasteiger partial charge on any atom is -0.465 e. The predicted octanol–water partition coefficient (Wildman–Crippen LogP) is 2.36. The van der Waals surface area contributed by atoms with Gasteiger partial charge in [-0.1, -0.05) is 31.2 Å². The van der Waals surface area contributed by atoms with E-state index in [1.54, 1.807) is 4.90 Å². The zero-order chi connectivity index (χ0) is 19.5. The van der Waals surface area contributed by atoms with Crippen LogP contribution in [-0.2, 0) is 17.8 Å². The molecular formula is C21H27N3O4. The molecule has 150 valence electrons. The number of rotatable bonds is 4. The van der Waals surface area contributed by atoms with Crippen molar-refractivity contribution in [2.45, 2.75) is 26.4 Å². The molecular weight excluding hydrogens is 358 g/mol. The molecule has 3 heterocycles. The van der Waals surface area contributed by atoms with Crippen molar-refractivity contribution in [1.82, 2.24) is 15.1 Å². The Morgan fingerprint density at radius 1 is 1.21 bits per heavy atom. The van der Waals surface area contributed by atoms with Crippen LogP contribution in [0.4, 0.5) is 9.59 Å². The summed E-state index contributed by atoms with van der Waals surface area (Å²) in [7, 11) is 0. The van der Waals surface area contributed by atoms with Crippen LogP contribution in [0, 0.1) is 22.7 Å². The fourth-order valence-electron chi connectivity index (χ4n) is 6.04. The third kappa shape index (κ3) is 2.45. The van der Waals surface area contributed by atoms with Crippen LogP contribution in [0.1, 0.15) is 24.5 Å². The first-order valence-corrected chi connectivity index (χ1v) is 10.1. The van der Waals surface area contributed by atoms with Gasteiger partial charge in [0, 0.05) is 43.6 Å². The standard InChI is InChI=1S/C21H27N3O4/c1-20(12-28-13-20)21-11-24(19(26)27)10-17(21)16(21)6-7-22-18(25)23-8-14-4-2-3-5-15(14)9-23/h2-5,16-17H,6-13H2,1H3,(H,22,25)(H,26,27). The number of carboxylic acid groups (broad SMARTS) is 1. The molecule has 0 bridgehead atoms. The van der Waals surface area contributed by atoms with Crippen molar-refractivity contribution >= 4 is 12.1 Å². The summed E-state index contributed by atoms with van der Waals surface area (Å²) in [5.74, 6) is 0.860. The maximum atomic E-state index is 12.6. The van der Waals surface area contributed by atoms with Gasteiger partial charge in [-0.3, -0.25) is 0 Å². The summed E-state index contributed by atoms with van der Waals surface area (Å²) in [6.45, 7) is 6.85. The van der Waals surface area contributed by atoms with Crippen molar-refractivity contribution in [2.24, 2.45) is 22.7 Å². The highest BCUT2D eigenvalue weighted by atomic mass is 16.5. The highest BCUT2D eigenvalue weighted by molar-refractivity contribution is 5.75. The zero-order valence-corrected chi connectivity index (χ0v) is 16.2. The van der Waals surface area contributed by atoms with Crippen molar-refractivity contribution in [2.75, 3.05) is 32.8 Å². The molecule has 1 saturated carbocycles. The molecule has 7 heteroatoms. The lowest BCUT2D eigenvalue weighted by Gasteiger charge is -2.46. The highest BCUT2D eigenvalue weighted by Gasteiger charge is 2.77. The third-order valence-corrected chi connectivity index (χ3v) is 7.66. The SMILES string of the molecule is CC1(C23CN(C(=O)O)CC2C3CCNC(=O)N2Cc3ccccc3C2)COC1. The van der Waals surface area contributed by atoms with Crippen molar-refractivity contribution in [3.63, 3.8) is 0 Å². The van der Waals surface area contributed by atoms with Crippen molar-refractivity contribution in [3.8, 4) is 0 Å². The Balaban J connectivity index is 1.17. The highest BCUT2D eigenvalue weighted by Crippen LogP contribution is 2.74. The van der Waals surface area contributed by atoms with Crippen LogP contribution in [0.3, 0.4) is 0 Å². The van der Waals surface area contributed by atoms with Gasteiger partial charge in [0.2, 0.25) is 0 Å². The van der Waals surface area contributed by atoms with Gasteiger partial charge in [-0.15, -0.1) is 0 Å². The van der Waals surface area contributed by atoms with Gasteiger partial charge in [-0.25, -0.2) is 9.59 Å². The molecule has 0 radical (unpaired) electrons. The zero-order valence-electron chi connectivity index (χ0n) is 16.2. The summed E-state index contributed by atoms with van der Waals surface area (Å²) in [6, 6.07) is 8.16. The molecule has 5 rings (SSSR count). The summed E-state index contributed by atoms with van der Waals surface area (Å²) < 4.78 is 5.48. The molecule has 7 nitrogen and oxygen atoms in total. The molecule has 2 N–H and O–H groups in total. The van der Waals surface area contributed by atoms with Gasteiger partial charge >= 0.3 is 12.1 Å². The molecule has 1 aliphatic carbocycles. The number of urea groups is 1. The lowest BCUT2D eigenvalue weighted by molar-refractivity contribution is -0.148. The predicted molar refractivity (Wildman–Crippen MR) is 102 cm³/mol. The molecule has 4 aliphatic rings. The minimum atomic E-state index is -0.823. The number of nitrogens with zero attached hydrogens (tertiary/aromatic N) is 2. The Morgan fingerprint density at radius 3 is 2.46 bits per heavy atom. The van der Waals surface area contributed by atoms with Crippen molar-refractivity contribution in [3.05, 3.63) is 35.4 Å². The second-order valence-corrected chi connectivity index (χ2v) is 9.12. The van der Waals surface area contributed by atoms with E-state index in [0.717, 1.165) is 6.42 Å². The van der Waals surface area contributed by atoms with Gasteiger partial charge in [0.25, 0.3) is 0 Å². The Morgan fingerprint density at radius 2 is 1.89 bits per heavy atom. The summed E-state index contributed by atoms with van der Waals surface area (Å²) in [5, 5.41) is 12.5. The van der Waals surface area contributed by atoms with Crippen LogP contribution in [-0.4, -0.2) is 59.9 Å². The van der Waals surface area contributed by atoms with Gasteiger partial charge in [0.15, 0.2) is 0 Å². The molecule has 3 atom stereocenters. The van der Waals surface area contributed by atoms with Gasteiger partial charge < -0.3 is 25.0 Å². The topological polar surface area (TPSA) is 82.1 Å². The molecule has 2 saturated heterocycles. The van der Waals surface area contributed by atoms with E-state index >= 15 is 0 Å². The van der Waals surface area contributed by atoms with Crippen molar-refractivity contribution < 1.29 is 19.4 Å². The van der Waals surface area contributed by atoms with Crippen LogP contribution in [0.5, 0.6) is 0 Å². The fraction of sp³-hybridized carbons (Fsp3) is 0.619. The van der Waals surface area contributed by atoms with Crippen LogP contribution < -0.4 is 5.32 Å². The molecule has 1 aromatic rings. The lowest BCUT2D eigenvalue weighted by atomic mass is 9.70. The Kier molecular flexibility index (Phi) is 3.88. The Labute approximate surface area is 164 Å². The van der Waals surface area contributed by atoms with Crippen LogP contribution >= 0.6 is 0 Å². The largest absolute Gasteiger partial charge is 0.465 e.